The molecule has 0 bridgehead atoms. The second-order valence-corrected chi connectivity index (χ2v) is 3.21. The lowest BCUT2D eigenvalue weighted by Gasteiger charge is -2.07. The van der Waals surface area contributed by atoms with Crippen LogP contribution in [0, 0.1) is 0 Å². The van der Waals surface area contributed by atoms with Gasteiger partial charge < -0.3 is 4.74 Å². The van der Waals surface area contributed by atoms with E-state index in [1.807, 2.05) is 13.8 Å². The van der Waals surface area contributed by atoms with Crippen molar-refractivity contribution in [2.24, 2.45) is 7.05 Å². The molecule has 0 aliphatic rings. The van der Waals surface area contributed by atoms with Gasteiger partial charge in [-0.1, -0.05) is 0 Å². The highest BCUT2D eigenvalue weighted by atomic mass is 16.5. The number of ketones is 1. The van der Waals surface area contributed by atoms with Gasteiger partial charge in [-0.15, -0.1) is 0 Å². The van der Waals surface area contributed by atoms with Crippen molar-refractivity contribution in [1.29, 1.82) is 0 Å². The molecule has 0 atom stereocenters. The molecule has 1 heterocycles. The van der Waals surface area contributed by atoms with Gasteiger partial charge in [0.2, 0.25) is 5.88 Å². The fourth-order valence-corrected chi connectivity index (χ4v) is 0.974. The molecule has 4 nitrogen and oxygen atoms in total. The van der Waals surface area contributed by atoms with Crippen molar-refractivity contribution in [3.8, 4) is 5.88 Å². The molecule has 4 heteroatoms. The molecule has 1 rings (SSSR count). The smallest absolute Gasteiger partial charge is 0.212 e. The van der Waals surface area contributed by atoms with Crippen LogP contribution >= 0.6 is 0 Å². The normalized spacial score (nSPS) is 10.5. The van der Waals surface area contributed by atoms with E-state index in [0.29, 0.717) is 11.6 Å². The number of hydrogen-bond donors (Lipinski definition) is 0. The Labute approximate surface area is 77.5 Å². The fourth-order valence-electron chi connectivity index (χ4n) is 0.974. The first-order valence-electron chi connectivity index (χ1n) is 4.22. The van der Waals surface area contributed by atoms with Crippen LogP contribution in [0.25, 0.3) is 0 Å². The maximum Gasteiger partial charge on any atom is 0.212 e. The second-order valence-electron chi connectivity index (χ2n) is 3.21. The molecule has 0 aliphatic heterocycles. The van der Waals surface area contributed by atoms with Crippen LogP contribution in [0.3, 0.4) is 0 Å². The minimum atomic E-state index is -0.0470. The molecule has 0 aromatic carbocycles. The Balaban J connectivity index is 2.90. The summed E-state index contributed by atoms with van der Waals surface area (Å²) in [4.78, 5) is 11.0. The van der Waals surface area contributed by atoms with Crippen molar-refractivity contribution in [1.82, 2.24) is 9.78 Å². The maximum absolute atomic E-state index is 11.0. The molecule has 0 aliphatic carbocycles. The van der Waals surface area contributed by atoms with Gasteiger partial charge in [-0.25, -0.2) is 4.68 Å². The van der Waals surface area contributed by atoms with E-state index in [1.54, 1.807) is 17.8 Å². The van der Waals surface area contributed by atoms with Crippen molar-refractivity contribution in [3.05, 3.63) is 11.8 Å². The molecule has 0 radical (unpaired) electrons. The first-order valence-corrected chi connectivity index (χ1v) is 4.22. The van der Waals surface area contributed by atoms with Gasteiger partial charge in [0.25, 0.3) is 0 Å². The van der Waals surface area contributed by atoms with Gasteiger partial charge >= 0.3 is 0 Å². The minimum Gasteiger partial charge on any atom is -0.475 e. The number of hydrogen-bond acceptors (Lipinski definition) is 3. The van der Waals surface area contributed by atoms with Gasteiger partial charge in [0, 0.05) is 20.0 Å². The molecule has 72 valence electrons. The van der Waals surface area contributed by atoms with E-state index >= 15 is 0 Å². The summed E-state index contributed by atoms with van der Waals surface area (Å²) in [5, 5.41) is 4.01. The van der Waals surface area contributed by atoms with E-state index in [0.717, 1.165) is 0 Å². The molecule has 1 aromatic heterocycles. The number of Topliss-reactive ketones (excluding diaryl/α,β-unsaturated/α-hetero) is 1. The molecular weight excluding hydrogens is 168 g/mol. The lowest BCUT2D eigenvalue weighted by atomic mass is 10.3. The Hall–Kier alpha value is -1.32. The minimum absolute atomic E-state index is 0.0470. The largest absolute Gasteiger partial charge is 0.475 e. The van der Waals surface area contributed by atoms with Crippen molar-refractivity contribution in [2.45, 2.75) is 26.9 Å². The highest BCUT2D eigenvalue weighted by molar-refractivity contribution is 5.92. The Morgan fingerprint density at radius 3 is 2.62 bits per heavy atom. The van der Waals surface area contributed by atoms with Crippen molar-refractivity contribution < 1.29 is 9.53 Å². The lowest BCUT2D eigenvalue weighted by molar-refractivity contribution is 0.101. The third-order valence-corrected chi connectivity index (χ3v) is 1.55. The maximum atomic E-state index is 11.0. The molecule has 1 aromatic rings. The van der Waals surface area contributed by atoms with Crippen molar-refractivity contribution in [3.63, 3.8) is 0 Å². The number of aromatic nitrogens is 2. The summed E-state index contributed by atoms with van der Waals surface area (Å²) in [6.07, 6.45) is 0.0928. The first kappa shape index (κ1) is 9.77. The summed E-state index contributed by atoms with van der Waals surface area (Å²) in [5.41, 5.74) is 0.443. The van der Waals surface area contributed by atoms with Crippen LogP contribution in [-0.4, -0.2) is 21.7 Å². The monoisotopic (exact) mass is 182 g/mol. The molecule has 0 amide bonds. The number of carbonyl (C=O) groups is 1. The predicted octanol–water partition coefficient (Wildman–Crippen LogP) is 1.41. The van der Waals surface area contributed by atoms with Gasteiger partial charge in [-0.2, -0.15) is 5.10 Å². The highest BCUT2D eigenvalue weighted by Crippen LogP contribution is 2.13. The fraction of sp³-hybridized carbons (Fsp3) is 0.556. The van der Waals surface area contributed by atoms with Crippen LogP contribution in [0.4, 0.5) is 0 Å². The Morgan fingerprint density at radius 2 is 2.23 bits per heavy atom. The quantitative estimate of drug-likeness (QED) is 0.664. The van der Waals surface area contributed by atoms with Gasteiger partial charge in [-0.05, 0) is 13.8 Å². The van der Waals surface area contributed by atoms with Crippen LogP contribution in [0.15, 0.2) is 6.07 Å². The predicted molar refractivity (Wildman–Crippen MR) is 49.0 cm³/mol. The zero-order valence-electron chi connectivity index (χ0n) is 8.37. The van der Waals surface area contributed by atoms with Crippen LogP contribution in [0.2, 0.25) is 0 Å². The highest BCUT2D eigenvalue weighted by Gasteiger charge is 2.10. The van der Waals surface area contributed by atoms with Gasteiger partial charge in [0.15, 0.2) is 5.78 Å². The molecule has 0 unspecified atom stereocenters. The number of nitrogens with zero attached hydrogens (tertiary/aromatic N) is 2. The number of carbonyl (C=O) groups excluding carboxylic acids is 1. The van der Waals surface area contributed by atoms with Gasteiger partial charge in [0.1, 0.15) is 5.69 Å². The van der Waals surface area contributed by atoms with Gasteiger partial charge in [0.05, 0.1) is 6.10 Å². The first-order chi connectivity index (χ1) is 6.00. The Kier molecular flexibility index (Phi) is 2.70. The summed E-state index contributed by atoms with van der Waals surface area (Å²) in [6.45, 7) is 5.35. The van der Waals surface area contributed by atoms with Crippen molar-refractivity contribution in [2.75, 3.05) is 0 Å². The molecule has 0 saturated heterocycles. The number of ether oxygens (including phenoxy) is 1. The Bertz CT molecular complexity index is 315. The third-order valence-electron chi connectivity index (χ3n) is 1.55. The lowest BCUT2D eigenvalue weighted by Crippen LogP contribution is -2.08. The molecule has 0 fully saturated rings. The molecule has 0 saturated carbocycles. The summed E-state index contributed by atoms with van der Waals surface area (Å²) < 4.78 is 6.99. The third kappa shape index (κ3) is 2.31. The summed E-state index contributed by atoms with van der Waals surface area (Å²) in [5.74, 6) is 0.578. The second kappa shape index (κ2) is 3.60. The zero-order valence-corrected chi connectivity index (χ0v) is 8.37. The van der Waals surface area contributed by atoms with Crippen LogP contribution in [-0.2, 0) is 7.05 Å². The summed E-state index contributed by atoms with van der Waals surface area (Å²) in [7, 11) is 1.75. The van der Waals surface area contributed by atoms with E-state index in [4.69, 9.17) is 4.74 Å². The molecule has 0 N–H and O–H groups in total. The van der Waals surface area contributed by atoms with Crippen molar-refractivity contribution >= 4 is 5.78 Å². The van der Waals surface area contributed by atoms with Crippen LogP contribution < -0.4 is 4.74 Å². The van der Waals surface area contributed by atoms with E-state index < -0.39 is 0 Å². The molecule has 13 heavy (non-hydrogen) atoms. The average molecular weight is 182 g/mol. The SMILES string of the molecule is CC(=O)c1cc(OC(C)C)n(C)n1. The van der Waals surface area contributed by atoms with E-state index in [-0.39, 0.29) is 11.9 Å². The molecular formula is C9H14N2O2. The van der Waals surface area contributed by atoms with Crippen LogP contribution in [0.1, 0.15) is 31.3 Å². The number of aryl methyl sites for hydroxylation is 1. The average Bonchev–Trinajstić information content (AvgIpc) is 2.31. The van der Waals surface area contributed by atoms with E-state index in [1.165, 1.54) is 6.92 Å². The standard InChI is InChI=1S/C9H14N2O2/c1-6(2)13-9-5-8(7(3)12)10-11(9)4/h5-6H,1-4H3. The summed E-state index contributed by atoms with van der Waals surface area (Å²) in [6, 6.07) is 1.66. The molecule has 0 spiro atoms. The summed E-state index contributed by atoms with van der Waals surface area (Å²) >= 11 is 0. The number of rotatable bonds is 3. The topological polar surface area (TPSA) is 44.1 Å². The Morgan fingerprint density at radius 1 is 1.62 bits per heavy atom. The van der Waals surface area contributed by atoms with E-state index in [9.17, 15) is 4.79 Å². The van der Waals surface area contributed by atoms with Crippen LogP contribution in [0.5, 0.6) is 5.88 Å². The zero-order chi connectivity index (χ0) is 10.0. The van der Waals surface area contributed by atoms with E-state index in [2.05, 4.69) is 5.10 Å². The van der Waals surface area contributed by atoms with Gasteiger partial charge in [-0.3, -0.25) is 4.79 Å².